The molecule has 16 heavy (non-hydrogen) atoms. The first-order chi connectivity index (χ1) is 7.81. The molecule has 0 unspecified atom stereocenters. The number of phenolic OH excluding ortho intramolecular Hbond substituents is 1. The lowest BCUT2D eigenvalue weighted by atomic mass is 10.3. The van der Waals surface area contributed by atoms with Gasteiger partial charge in [-0.1, -0.05) is 6.07 Å². The van der Waals surface area contributed by atoms with E-state index in [1.165, 1.54) is 24.5 Å². The number of ether oxygens (including phenoxy) is 1. The Morgan fingerprint density at radius 3 is 2.94 bits per heavy atom. The minimum absolute atomic E-state index is 0.0399. The summed E-state index contributed by atoms with van der Waals surface area (Å²) in [5.74, 6) is 0.348. The summed E-state index contributed by atoms with van der Waals surface area (Å²) >= 11 is 1.38. The minimum atomic E-state index is 0.0399. The Balaban J connectivity index is 2.31. The zero-order valence-electron chi connectivity index (χ0n) is 8.49. The van der Waals surface area contributed by atoms with Crippen LogP contribution in [0.1, 0.15) is 0 Å². The predicted octanol–water partition coefficient (Wildman–Crippen LogP) is 3.27. The van der Waals surface area contributed by atoms with Crippen LogP contribution in [0.25, 0.3) is 0 Å². The maximum absolute atomic E-state index is 9.51. The van der Waals surface area contributed by atoms with Crippen molar-refractivity contribution in [2.24, 2.45) is 10.2 Å². The molecule has 1 aromatic carbocycles. The Kier molecular flexibility index (Phi) is 3.11. The van der Waals surface area contributed by atoms with E-state index in [0.717, 1.165) is 0 Å². The number of rotatable bonds is 3. The Morgan fingerprint density at radius 2 is 2.25 bits per heavy atom. The molecule has 1 aromatic heterocycles. The van der Waals surface area contributed by atoms with Crippen LogP contribution in [0.4, 0.5) is 10.8 Å². The molecule has 0 aliphatic heterocycles. The van der Waals surface area contributed by atoms with E-state index in [9.17, 15) is 5.11 Å². The molecular formula is C10H9N3O2S. The van der Waals surface area contributed by atoms with Gasteiger partial charge in [-0.05, 0) is 12.1 Å². The highest BCUT2D eigenvalue weighted by Crippen LogP contribution is 2.36. The molecule has 1 heterocycles. The summed E-state index contributed by atoms with van der Waals surface area (Å²) in [6, 6.07) is 4.91. The van der Waals surface area contributed by atoms with E-state index in [0.29, 0.717) is 16.6 Å². The zero-order chi connectivity index (χ0) is 11.4. The maximum Gasteiger partial charge on any atom is 0.229 e. The number of methoxy groups -OCH3 is 1. The second kappa shape index (κ2) is 4.71. The zero-order valence-corrected chi connectivity index (χ0v) is 9.31. The van der Waals surface area contributed by atoms with Gasteiger partial charge in [-0.3, -0.25) is 0 Å². The molecule has 6 heteroatoms. The van der Waals surface area contributed by atoms with Crippen LogP contribution in [0.2, 0.25) is 0 Å². The van der Waals surface area contributed by atoms with Gasteiger partial charge in [0, 0.05) is 11.6 Å². The standard InChI is InChI=1S/C10H9N3O2S/c1-15-9-7(3-2-4-8(9)14)12-13-10-11-5-6-16-10/h2-6,14H,1H3. The van der Waals surface area contributed by atoms with Crippen LogP contribution >= 0.6 is 11.3 Å². The summed E-state index contributed by atoms with van der Waals surface area (Å²) in [6.07, 6.45) is 1.65. The van der Waals surface area contributed by atoms with Crippen LogP contribution < -0.4 is 4.74 Å². The quantitative estimate of drug-likeness (QED) is 0.830. The van der Waals surface area contributed by atoms with Crippen molar-refractivity contribution in [2.75, 3.05) is 7.11 Å². The number of azo groups is 1. The molecule has 2 aromatic rings. The lowest BCUT2D eigenvalue weighted by Crippen LogP contribution is -1.83. The Hall–Kier alpha value is -1.95. The molecule has 5 nitrogen and oxygen atoms in total. The number of hydrogen-bond donors (Lipinski definition) is 1. The lowest BCUT2D eigenvalue weighted by Gasteiger charge is -2.04. The second-order valence-electron chi connectivity index (χ2n) is 2.84. The monoisotopic (exact) mass is 235 g/mol. The van der Waals surface area contributed by atoms with Gasteiger partial charge in [0.25, 0.3) is 0 Å². The van der Waals surface area contributed by atoms with Crippen molar-refractivity contribution in [1.82, 2.24) is 4.98 Å². The van der Waals surface area contributed by atoms with Gasteiger partial charge in [-0.25, -0.2) is 4.98 Å². The molecule has 82 valence electrons. The van der Waals surface area contributed by atoms with Gasteiger partial charge in [0.2, 0.25) is 5.13 Å². The van der Waals surface area contributed by atoms with Crippen LogP contribution in [0.3, 0.4) is 0 Å². The van der Waals surface area contributed by atoms with Gasteiger partial charge in [-0.15, -0.1) is 21.6 Å². The summed E-state index contributed by atoms with van der Waals surface area (Å²) in [5.41, 5.74) is 0.470. The summed E-state index contributed by atoms with van der Waals surface area (Å²) in [7, 11) is 1.47. The third-order valence-corrected chi connectivity index (χ3v) is 2.50. The van der Waals surface area contributed by atoms with Gasteiger partial charge < -0.3 is 9.84 Å². The molecule has 0 amide bonds. The van der Waals surface area contributed by atoms with Crippen molar-refractivity contribution in [2.45, 2.75) is 0 Å². The molecule has 0 atom stereocenters. The molecule has 0 fully saturated rings. The average molecular weight is 235 g/mol. The van der Waals surface area contributed by atoms with Crippen molar-refractivity contribution in [3.05, 3.63) is 29.8 Å². The molecule has 0 saturated heterocycles. The van der Waals surface area contributed by atoms with E-state index in [2.05, 4.69) is 15.2 Å². The van der Waals surface area contributed by atoms with Crippen LogP contribution in [0, 0.1) is 0 Å². The van der Waals surface area contributed by atoms with Crippen LogP contribution in [-0.4, -0.2) is 17.2 Å². The fourth-order valence-corrected chi connectivity index (χ4v) is 1.62. The topological polar surface area (TPSA) is 67.1 Å². The minimum Gasteiger partial charge on any atom is -0.504 e. The van der Waals surface area contributed by atoms with Crippen molar-refractivity contribution < 1.29 is 9.84 Å². The molecule has 1 N–H and O–H groups in total. The number of aromatic nitrogens is 1. The first-order valence-corrected chi connectivity index (χ1v) is 5.36. The highest BCUT2D eigenvalue weighted by molar-refractivity contribution is 7.13. The summed E-state index contributed by atoms with van der Waals surface area (Å²) in [6.45, 7) is 0. The summed E-state index contributed by atoms with van der Waals surface area (Å²) < 4.78 is 5.03. The van der Waals surface area contributed by atoms with E-state index in [4.69, 9.17) is 4.74 Å². The average Bonchev–Trinajstić information content (AvgIpc) is 2.79. The Bertz CT molecular complexity index is 497. The van der Waals surface area contributed by atoms with E-state index in [1.54, 1.807) is 18.3 Å². The van der Waals surface area contributed by atoms with Gasteiger partial charge in [-0.2, -0.15) is 0 Å². The van der Waals surface area contributed by atoms with E-state index in [-0.39, 0.29) is 5.75 Å². The molecule has 0 bridgehead atoms. The lowest BCUT2D eigenvalue weighted by molar-refractivity contribution is 0.374. The Labute approximate surface area is 96.1 Å². The highest BCUT2D eigenvalue weighted by Gasteiger charge is 2.06. The number of benzene rings is 1. The van der Waals surface area contributed by atoms with Gasteiger partial charge in [0.1, 0.15) is 5.69 Å². The molecule has 0 radical (unpaired) electrons. The number of nitrogens with zero attached hydrogens (tertiary/aromatic N) is 3. The highest BCUT2D eigenvalue weighted by atomic mass is 32.1. The molecule has 0 aliphatic carbocycles. The predicted molar refractivity (Wildman–Crippen MR) is 60.9 cm³/mol. The van der Waals surface area contributed by atoms with Crippen LogP contribution in [0.15, 0.2) is 40.0 Å². The van der Waals surface area contributed by atoms with Crippen molar-refractivity contribution in [3.63, 3.8) is 0 Å². The largest absolute Gasteiger partial charge is 0.504 e. The van der Waals surface area contributed by atoms with Crippen molar-refractivity contribution in [1.29, 1.82) is 0 Å². The summed E-state index contributed by atoms with van der Waals surface area (Å²) in [4.78, 5) is 3.96. The molecule has 0 aliphatic rings. The van der Waals surface area contributed by atoms with E-state index in [1.807, 2.05) is 5.38 Å². The molecule has 0 spiro atoms. The normalized spacial score (nSPS) is 10.8. The van der Waals surface area contributed by atoms with E-state index >= 15 is 0 Å². The maximum atomic E-state index is 9.51. The van der Waals surface area contributed by atoms with Crippen LogP contribution in [-0.2, 0) is 0 Å². The number of para-hydroxylation sites is 1. The molecule has 2 rings (SSSR count). The molecule has 0 saturated carbocycles. The Morgan fingerprint density at radius 1 is 1.38 bits per heavy atom. The fourth-order valence-electron chi connectivity index (χ4n) is 1.16. The fraction of sp³-hybridized carbons (Fsp3) is 0.100. The summed E-state index contributed by atoms with van der Waals surface area (Å²) in [5, 5.41) is 19.8. The second-order valence-corrected chi connectivity index (χ2v) is 3.72. The third-order valence-electron chi connectivity index (χ3n) is 1.84. The number of phenols is 1. The van der Waals surface area contributed by atoms with Gasteiger partial charge in [0.05, 0.1) is 7.11 Å². The van der Waals surface area contributed by atoms with Gasteiger partial charge in [0.15, 0.2) is 11.5 Å². The SMILES string of the molecule is COc1c(O)cccc1N=Nc1nccs1. The van der Waals surface area contributed by atoms with Crippen molar-refractivity contribution in [3.8, 4) is 11.5 Å². The van der Waals surface area contributed by atoms with E-state index < -0.39 is 0 Å². The number of thiazole rings is 1. The number of hydrogen-bond acceptors (Lipinski definition) is 6. The first-order valence-electron chi connectivity index (χ1n) is 4.48. The number of aromatic hydroxyl groups is 1. The molecular weight excluding hydrogens is 226 g/mol. The first kappa shape index (κ1) is 10.6. The third kappa shape index (κ3) is 2.17. The smallest absolute Gasteiger partial charge is 0.229 e. The van der Waals surface area contributed by atoms with Crippen LogP contribution in [0.5, 0.6) is 11.5 Å². The van der Waals surface area contributed by atoms with Gasteiger partial charge >= 0.3 is 0 Å². The van der Waals surface area contributed by atoms with Crippen molar-refractivity contribution >= 4 is 22.2 Å².